The lowest BCUT2D eigenvalue weighted by Crippen LogP contribution is -2.30. The Bertz CT molecular complexity index is 1310. The molecule has 0 N–H and O–H groups in total. The monoisotopic (exact) mass is 1060 g/mol. The predicted molar refractivity (Wildman–Crippen MR) is 330 cm³/mol. The van der Waals surface area contributed by atoms with Crippen LogP contribution >= 0.6 is 0 Å². The Hall–Kier alpha value is -2.63. The minimum atomic E-state index is -0.768. The molecule has 0 amide bonds. The van der Waals surface area contributed by atoms with Gasteiger partial charge in [0.15, 0.2) is 6.10 Å². The minimum absolute atomic E-state index is 0.0671. The number of hydrogen-bond donors (Lipinski definition) is 0. The lowest BCUT2D eigenvalue weighted by Gasteiger charge is -2.18. The van der Waals surface area contributed by atoms with E-state index < -0.39 is 6.10 Å². The van der Waals surface area contributed by atoms with Crippen LogP contribution in [0.1, 0.15) is 361 Å². The van der Waals surface area contributed by atoms with Gasteiger partial charge in [-0.1, -0.05) is 333 Å². The van der Waals surface area contributed by atoms with E-state index in [-0.39, 0.29) is 31.1 Å². The van der Waals surface area contributed by atoms with E-state index >= 15 is 0 Å². The summed E-state index contributed by atoms with van der Waals surface area (Å²) >= 11 is 0. The number of hydrogen-bond acceptors (Lipinski definition) is 6. The molecule has 0 rings (SSSR count). The number of carbonyl (C=O) groups is 3. The molecule has 0 saturated carbocycles. The Kier molecular flexibility index (Phi) is 62.6. The number of rotatable bonds is 62. The van der Waals surface area contributed by atoms with Crippen molar-refractivity contribution in [1.29, 1.82) is 0 Å². The van der Waals surface area contributed by atoms with Crippen LogP contribution < -0.4 is 0 Å². The van der Waals surface area contributed by atoms with E-state index in [1.165, 1.54) is 238 Å². The molecule has 0 aromatic heterocycles. The average molecular weight is 1070 g/mol. The van der Waals surface area contributed by atoms with E-state index in [4.69, 9.17) is 14.2 Å². The fourth-order valence-electron chi connectivity index (χ4n) is 10.1. The van der Waals surface area contributed by atoms with Crippen LogP contribution in [-0.2, 0) is 28.6 Å². The molecule has 0 radical (unpaired) electrons. The highest BCUT2D eigenvalue weighted by Crippen LogP contribution is 2.18. The largest absolute Gasteiger partial charge is 0.462 e. The minimum Gasteiger partial charge on any atom is -0.462 e. The van der Waals surface area contributed by atoms with Crippen molar-refractivity contribution >= 4 is 17.9 Å². The normalized spacial score (nSPS) is 12.3. The first kappa shape index (κ1) is 73.4. The molecule has 76 heavy (non-hydrogen) atoms. The van der Waals surface area contributed by atoms with E-state index in [1.54, 1.807) is 0 Å². The molecule has 0 heterocycles. The number of ether oxygens (including phenoxy) is 3. The van der Waals surface area contributed by atoms with Crippen molar-refractivity contribution in [2.45, 2.75) is 367 Å². The van der Waals surface area contributed by atoms with Crippen LogP contribution in [-0.4, -0.2) is 37.2 Å². The van der Waals surface area contributed by atoms with Crippen molar-refractivity contribution in [2.75, 3.05) is 13.2 Å². The molecule has 444 valence electrons. The summed E-state index contributed by atoms with van der Waals surface area (Å²) in [6, 6.07) is 0. The topological polar surface area (TPSA) is 78.9 Å². The second-order valence-electron chi connectivity index (χ2n) is 22.7. The molecule has 0 aromatic carbocycles. The van der Waals surface area contributed by atoms with Gasteiger partial charge in [0.1, 0.15) is 13.2 Å². The van der Waals surface area contributed by atoms with E-state index in [9.17, 15) is 14.4 Å². The fraction of sp³-hybridized carbons (Fsp3) is 0.843. The summed E-state index contributed by atoms with van der Waals surface area (Å²) in [6.45, 7) is 6.57. The van der Waals surface area contributed by atoms with Crippen LogP contribution in [0.5, 0.6) is 0 Å². The van der Waals surface area contributed by atoms with Gasteiger partial charge in [-0.3, -0.25) is 14.4 Å². The van der Waals surface area contributed by atoms with Gasteiger partial charge in [-0.25, -0.2) is 0 Å². The maximum Gasteiger partial charge on any atom is 0.306 e. The van der Waals surface area contributed by atoms with Gasteiger partial charge in [0.05, 0.1) is 0 Å². The third-order valence-electron chi connectivity index (χ3n) is 15.1. The van der Waals surface area contributed by atoms with Crippen molar-refractivity contribution in [3.05, 3.63) is 48.6 Å². The van der Waals surface area contributed by atoms with Gasteiger partial charge in [0, 0.05) is 19.3 Å². The lowest BCUT2D eigenvalue weighted by atomic mass is 10.0. The van der Waals surface area contributed by atoms with E-state index in [2.05, 4.69) is 69.4 Å². The summed E-state index contributed by atoms with van der Waals surface area (Å²) < 4.78 is 16.9. The van der Waals surface area contributed by atoms with Gasteiger partial charge >= 0.3 is 17.9 Å². The summed E-state index contributed by atoms with van der Waals surface area (Å²) in [5, 5.41) is 0. The number of allylic oxidation sites excluding steroid dienone is 8. The zero-order valence-electron chi connectivity index (χ0n) is 51.0. The molecule has 6 nitrogen and oxygen atoms in total. The van der Waals surface area contributed by atoms with E-state index in [1.807, 2.05) is 0 Å². The zero-order chi connectivity index (χ0) is 55.0. The molecule has 0 aliphatic carbocycles. The molecule has 0 fully saturated rings. The summed E-state index contributed by atoms with van der Waals surface area (Å²) in [4.78, 5) is 38.2. The van der Waals surface area contributed by atoms with E-state index in [0.29, 0.717) is 19.3 Å². The molecule has 0 aliphatic heterocycles. The maximum atomic E-state index is 12.9. The van der Waals surface area contributed by atoms with Crippen molar-refractivity contribution in [1.82, 2.24) is 0 Å². The smallest absolute Gasteiger partial charge is 0.306 e. The highest BCUT2D eigenvalue weighted by molar-refractivity contribution is 5.71. The summed E-state index contributed by atoms with van der Waals surface area (Å²) in [5.74, 6) is -0.846. The molecule has 0 spiro atoms. The van der Waals surface area contributed by atoms with Crippen molar-refractivity contribution < 1.29 is 28.6 Å². The second kappa shape index (κ2) is 64.9. The average Bonchev–Trinajstić information content (AvgIpc) is 3.42. The lowest BCUT2D eigenvalue weighted by molar-refractivity contribution is -0.167. The fourth-order valence-corrected chi connectivity index (χ4v) is 10.1. The van der Waals surface area contributed by atoms with Crippen LogP contribution in [0.25, 0.3) is 0 Å². The Morgan fingerprint density at radius 3 is 0.803 bits per heavy atom. The third kappa shape index (κ3) is 62.2. The van der Waals surface area contributed by atoms with Gasteiger partial charge < -0.3 is 14.2 Å². The zero-order valence-corrected chi connectivity index (χ0v) is 51.0. The van der Waals surface area contributed by atoms with Crippen molar-refractivity contribution in [2.24, 2.45) is 0 Å². The van der Waals surface area contributed by atoms with E-state index in [0.717, 1.165) is 83.5 Å². The third-order valence-corrected chi connectivity index (χ3v) is 15.1. The quantitative estimate of drug-likeness (QED) is 0.0261. The van der Waals surface area contributed by atoms with Gasteiger partial charge in [0.25, 0.3) is 0 Å². The SMILES string of the molecule is CC/C=C\C/C=C\C/C=C\C/C=C\CCCCCCCCCCCCCCCCC(=O)OCC(COC(=O)CCCCCCCCCCC)OC(=O)CCCCCCCCCCCCCCCCCCCCCCCC. The molecule has 0 saturated heterocycles. The highest BCUT2D eigenvalue weighted by Gasteiger charge is 2.19. The molecule has 0 aliphatic rings. The Labute approximate surface area is 473 Å². The Morgan fingerprint density at radius 1 is 0.276 bits per heavy atom. The van der Waals surface area contributed by atoms with Crippen LogP contribution in [0.2, 0.25) is 0 Å². The summed E-state index contributed by atoms with van der Waals surface area (Å²) in [7, 11) is 0. The Balaban J connectivity index is 4.13. The molecule has 0 aromatic rings. The first-order valence-electron chi connectivity index (χ1n) is 33.6. The number of carbonyl (C=O) groups excluding carboxylic acids is 3. The molecule has 0 bridgehead atoms. The Morgan fingerprint density at radius 2 is 0.513 bits per heavy atom. The van der Waals surface area contributed by atoms with Crippen LogP contribution in [0, 0.1) is 0 Å². The van der Waals surface area contributed by atoms with Crippen molar-refractivity contribution in [3.63, 3.8) is 0 Å². The van der Waals surface area contributed by atoms with Crippen LogP contribution in [0.3, 0.4) is 0 Å². The maximum absolute atomic E-state index is 12.9. The predicted octanol–water partition coefficient (Wildman–Crippen LogP) is 22.9. The van der Waals surface area contributed by atoms with Crippen LogP contribution in [0.15, 0.2) is 48.6 Å². The summed E-state index contributed by atoms with van der Waals surface area (Å²) in [5.41, 5.74) is 0. The second-order valence-corrected chi connectivity index (χ2v) is 22.7. The summed E-state index contributed by atoms with van der Waals surface area (Å²) in [6.07, 6.45) is 81.4. The molecule has 1 atom stereocenters. The first-order chi connectivity index (χ1) is 37.5. The van der Waals surface area contributed by atoms with Gasteiger partial charge in [-0.15, -0.1) is 0 Å². The van der Waals surface area contributed by atoms with Gasteiger partial charge in [-0.2, -0.15) is 0 Å². The standard InChI is InChI=1S/C70H128O6/c1-4-7-10-13-16-19-21-23-25-27-29-31-33-34-35-36-37-39-40-42-44-46-48-51-54-57-60-63-69(72)75-66-67(65-74-68(71)62-59-56-53-50-18-15-12-9-6-3)76-70(73)64-61-58-55-52-49-47-45-43-41-38-32-30-28-26-24-22-20-17-14-11-8-5-2/h7,10,16,19,23,25,29,31,67H,4-6,8-9,11-15,17-18,20-22,24,26-28,30,32-66H2,1-3H3/b10-7-,19-16-,25-23-,31-29-. The van der Waals surface area contributed by atoms with Crippen molar-refractivity contribution in [3.8, 4) is 0 Å². The van der Waals surface area contributed by atoms with Gasteiger partial charge in [0.2, 0.25) is 0 Å². The number of esters is 3. The van der Waals surface area contributed by atoms with Gasteiger partial charge in [-0.05, 0) is 57.8 Å². The van der Waals surface area contributed by atoms with Crippen LogP contribution in [0.4, 0.5) is 0 Å². The highest BCUT2D eigenvalue weighted by atomic mass is 16.6. The molecule has 1 unspecified atom stereocenters. The number of unbranched alkanes of at least 4 members (excludes halogenated alkanes) is 43. The molecular formula is C70H128O6. The molecular weight excluding hydrogens is 937 g/mol. The molecule has 6 heteroatoms. The first-order valence-corrected chi connectivity index (χ1v) is 33.6.